The van der Waals surface area contributed by atoms with Crippen molar-refractivity contribution in [1.82, 2.24) is 4.90 Å². The number of anilines is 1. The standard InChI is InChI=1S/C24H22N4O5/c29-22(25-17-10-12-19(13-11-17)27-26-18-6-2-1-3-7-18)16-33-24(31)20-8-4-14-28(20)23(30)21-9-5-15-32-21/h1-3,5-7,9-13,15,20H,4,8,14,16H2,(H,25,29)/t20-/m0/s1. The molecule has 1 fully saturated rings. The summed E-state index contributed by atoms with van der Waals surface area (Å²) in [5.41, 5.74) is 1.90. The maximum absolute atomic E-state index is 12.5. The number of rotatable bonds is 7. The molecule has 1 N–H and O–H groups in total. The maximum Gasteiger partial charge on any atom is 0.329 e. The second-order valence-electron chi connectivity index (χ2n) is 7.37. The van der Waals surface area contributed by atoms with E-state index in [1.54, 1.807) is 36.4 Å². The highest BCUT2D eigenvalue weighted by Crippen LogP contribution is 2.22. The molecule has 33 heavy (non-hydrogen) atoms. The average molecular weight is 446 g/mol. The summed E-state index contributed by atoms with van der Waals surface area (Å²) in [4.78, 5) is 38.6. The van der Waals surface area contributed by atoms with E-state index in [2.05, 4.69) is 15.5 Å². The summed E-state index contributed by atoms with van der Waals surface area (Å²) in [6.07, 6.45) is 2.55. The van der Waals surface area contributed by atoms with Gasteiger partial charge in [0.05, 0.1) is 17.6 Å². The van der Waals surface area contributed by atoms with Gasteiger partial charge in [0.1, 0.15) is 6.04 Å². The fourth-order valence-corrected chi connectivity index (χ4v) is 3.45. The number of carbonyl (C=O) groups is 3. The molecule has 0 saturated carbocycles. The lowest BCUT2D eigenvalue weighted by Gasteiger charge is -2.22. The quantitative estimate of drug-likeness (QED) is 0.425. The van der Waals surface area contributed by atoms with E-state index in [0.717, 1.165) is 5.69 Å². The van der Waals surface area contributed by atoms with Gasteiger partial charge in [0.15, 0.2) is 12.4 Å². The number of carbonyl (C=O) groups excluding carboxylic acids is 3. The zero-order chi connectivity index (χ0) is 23.0. The molecular weight excluding hydrogens is 424 g/mol. The van der Waals surface area contributed by atoms with Gasteiger partial charge in [-0.1, -0.05) is 18.2 Å². The van der Waals surface area contributed by atoms with Crippen LogP contribution in [0.2, 0.25) is 0 Å². The molecule has 1 atom stereocenters. The second-order valence-corrected chi connectivity index (χ2v) is 7.37. The van der Waals surface area contributed by atoms with Gasteiger partial charge in [0.2, 0.25) is 0 Å². The molecular formula is C24H22N4O5. The number of benzene rings is 2. The number of hydrogen-bond donors (Lipinski definition) is 1. The zero-order valence-electron chi connectivity index (χ0n) is 17.7. The van der Waals surface area contributed by atoms with E-state index in [0.29, 0.717) is 30.8 Å². The van der Waals surface area contributed by atoms with E-state index in [-0.39, 0.29) is 11.7 Å². The van der Waals surface area contributed by atoms with Gasteiger partial charge in [-0.25, -0.2) is 4.79 Å². The summed E-state index contributed by atoms with van der Waals surface area (Å²) in [6, 6.07) is 18.6. The summed E-state index contributed by atoms with van der Waals surface area (Å²) in [6.45, 7) is -0.0208. The van der Waals surface area contributed by atoms with Crippen LogP contribution < -0.4 is 5.32 Å². The lowest BCUT2D eigenvalue weighted by Crippen LogP contribution is -2.42. The van der Waals surface area contributed by atoms with Gasteiger partial charge in [-0.15, -0.1) is 0 Å². The van der Waals surface area contributed by atoms with Gasteiger partial charge in [0.25, 0.3) is 11.8 Å². The maximum atomic E-state index is 12.5. The fourth-order valence-electron chi connectivity index (χ4n) is 3.45. The van der Waals surface area contributed by atoms with Crippen LogP contribution >= 0.6 is 0 Å². The highest BCUT2D eigenvalue weighted by atomic mass is 16.5. The normalized spacial score (nSPS) is 15.5. The molecule has 168 valence electrons. The highest BCUT2D eigenvalue weighted by molar-refractivity contribution is 5.96. The Hall–Kier alpha value is -4.27. The number of esters is 1. The molecule has 1 saturated heterocycles. The van der Waals surface area contributed by atoms with E-state index >= 15 is 0 Å². The second kappa shape index (κ2) is 10.4. The Morgan fingerprint density at radius 3 is 2.39 bits per heavy atom. The number of nitrogens with zero attached hydrogens (tertiary/aromatic N) is 3. The van der Waals surface area contributed by atoms with E-state index in [4.69, 9.17) is 9.15 Å². The summed E-state index contributed by atoms with van der Waals surface area (Å²) in [5, 5.41) is 10.9. The van der Waals surface area contributed by atoms with Gasteiger partial charge < -0.3 is 19.4 Å². The van der Waals surface area contributed by atoms with Crippen LogP contribution in [0.15, 0.2) is 87.6 Å². The fraction of sp³-hybridized carbons (Fsp3) is 0.208. The largest absolute Gasteiger partial charge is 0.459 e. The molecule has 2 heterocycles. The number of ether oxygens (including phenoxy) is 1. The number of azo groups is 1. The molecule has 9 heteroatoms. The molecule has 1 aliphatic heterocycles. The molecule has 2 aromatic carbocycles. The Kier molecular flexibility index (Phi) is 6.89. The Morgan fingerprint density at radius 2 is 1.70 bits per heavy atom. The van der Waals surface area contributed by atoms with Crippen molar-refractivity contribution in [3.8, 4) is 0 Å². The SMILES string of the molecule is O=C(COC(=O)[C@@H]1CCCN1C(=O)c1ccco1)Nc1ccc(N=Nc2ccccc2)cc1. The number of amides is 2. The number of nitrogens with one attached hydrogen (secondary N) is 1. The van der Waals surface area contributed by atoms with Crippen LogP contribution in [-0.4, -0.2) is 41.9 Å². The predicted molar refractivity (Wildman–Crippen MR) is 119 cm³/mol. The minimum atomic E-state index is -0.732. The van der Waals surface area contributed by atoms with Crippen molar-refractivity contribution in [2.45, 2.75) is 18.9 Å². The first-order valence-corrected chi connectivity index (χ1v) is 10.5. The van der Waals surface area contributed by atoms with Crippen LogP contribution in [0.4, 0.5) is 17.1 Å². The molecule has 1 aliphatic rings. The molecule has 0 bridgehead atoms. The summed E-state index contributed by atoms with van der Waals surface area (Å²) < 4.78 is 10.3. The Bertz CT molecular complexity index is 1130. The molecule has 0 aliphatic carbocycles. The van der Waals surface area contributed by atoms with E-state index in [1.807, 2.05) is 30.3 Å². The summed E-state index contributed by atoms with van der Waals surface area (Å²) >= 11 is 0. The van der Waals surface area contributed by atoms with E-state index in [1.165, 1.54) is 11.2 Å². The van der Waals surface area contributed by atoms with Crippen LogP contribution in [0.3, 0.4) is 0 Å². The third kappa shape index (κ3) is 5.70. The van der Waals surface area contributed by atoms with Crippen LogP contribution in [-0.2, 0) is 14.3 Å². The van der Waals surface area contributed by atoms with Crippen molar-refractivity contribution in [3.05, 3.63) is 78.8 Å². The molecule has 0 radical (unpaired) electrons. The van der Waals surface area contributed by atoms with Gasteiger partial charge in [-0.2, -0.15) is 10.2 Å². The summed E-state index contributed by atoms with van der Waals surface area (Å²) in [5.74, 6) is -1.30. The Labute approximate surface area is 190 Å². The van der Waals surface area contributed by atoms with Crippen LogP contribution in [0.1, 0.15) is 23.4 Å². The van der Waals surface area contributed by atoms with Crippen molar-refractivity contribution >= 4 is 34.8 Å². The van der Waals surface area contributed by atoms with Crippen molar-refractivity contribution in [1.29, 1.82) is 0 Å². The predicted octanol–water partition coefficient (Wildman–Crippen LogP) is 4.48. The molecule has 1 aromatic heterocycles. The lowest BCUT2D eigenvalue weighted by atomic mass is 10.2. The zero-order valence-corrected chi connectivity index (χ0v) is 17.7. The van der Waals surface area contributed by atoms with Crippen molar-refractivity contribution in [2.75, 3.05) is 18.5 Å². The molecule has 0 spiro atoms. The van der Waals surface area contributed by atoms with Crippen LogP contribution in [0.25, 0.3) is 0 Å². The van der Waals surface area contributed by atoms with E-state index in [9.17, 15) is 14.4 Å². The molecule has 4 rings (SSSR count). The highest BCUT2D eigenvalue weighted by Gasteiger charge is 2.36. The first-order chi connectivity index (χ1) is 16.1. The van der Waals surface area contributed by atoms with Crippen molar-refractivity contribution < 1.29 is 23.5 Å². The Balaban J connectivity index is 1.26. The van der Waals surface area contributed by atoms with Crippen molar-refractivity contribution in [2.24, 2.45) is 10.2 Å². The molecule has 3 aromatic rings. The topological polar surface area (TPSA) is 114 Å². The third-order valence-corrected chi connectivity index (χ3v) is 5.05. The number of likely N-dealkylation sites (tertiary alicyclic amines) is 1. The first kappa shape index (κ1) is 21.9. The lowest BCUT2D eigenvalue weighted by molar-refractivity contribution is -0.151. The molecule has 2 amide bonds. The summed E-state index contributed by atoms with van der Waals surface area (Å²) in [7, 11) is 0. The first-order valence-electron chi connectivity index (χ1n) is 10.5. The smallest absolute Gasteiger partial charge is 0.329 e. The molecule has 9 nitrogen and oxygen atoms in total. The van der Waals surface area contributed by atoms with Gasteiger partial charge in [0, 0.05) is 12.2 Å². The van der Waals surface area contributed by atoms with E-state index < -0.39 is 24.5 Å². The monoisotopic (exact) mass is 446 g/mol. The number of furan rings is 1. The minimum Gasteiger partial charge on any atom is -0.459 e. The Morgan fingerprint density at radius 1 is 0.970 bits per heavy atom. The van der Waals surface area contributed by atoms with Gasteiger partial charge in [-0.3, -0.25) is 9.59 Å². The van der Waals surface area contributed by atoms with Gasteiger partial charge >= 0.3 is 5.97 Å². The van der Waals surface area contributed by atoms with Crippen LogP contribution in [0.5, 0.6) is 0 Å². The number of hydrogen-bond acceptors (Lipinski definition) is 7. The van der Waals surface area contributed by atoms with Crippen LogP contribution in [0, 0.1) is 0 Å². The molecule has 0 unspecified atom stereocenters. The van der Waals surface area contributed by atoms with Gasteiger partial charge in [-0.05, 0) is 61.4 Å². The average Bonchev–Trinajstić information content (AvgIpc) is 3.55. The van der Waals surface area contributed by atoms with Crippen molar-refractivity contribution in [3.63, 3.8) is 0 Å². The third-order valence-electron chi connectivity index (χ3n) is 5.05. The minimum absolute atomic E-state index is 0.166.